The van der Waals surface area contributed by atoms with Gasteiger partial charge in [0.1, 0.15) is 10.6 Å². The summed E-state index contributed by atoms with van der Waals surface area (Å²) in [5.74, 6) is -0.0824. The zero-order chi connectivity index (χ0) is 13.7. The summed E-state index contributed by atoms with van der Waals surface area (Å²) in [5.41, 5.74) is 5.61. The minimum Gasteiger partial charge on any atom is -0.365 e. The molecule has 1 heterocycles. The molecule has 0 unspecified atom stereocenters. The van der Waals surface area contributed by atoms with Gasteiger partial charge in [-0.25, -0.2) is 4.79 Å². The number of anilines is 2. The standard InChI is InChI=1S/C10H17N5O2S/c1-4-15(5-2)8-6(7(11)16)9(18-14-8)13-10(17)12-3/h4-5H2,1-3H3,(H2,11,16)(H2,12,13,17). The second kappa shape index (κ2) is 6.20. The summed E-state index contributed by atoms with van der Waals surface area (Å²) >= 11 is 1.04. The van der Waals surface area contributed by atoms with Crippen LogP contribution in [0.2, 0.25) is 0 Å². The predicted molar refractivity (Wildman–Crippen MR) is 72.3 cm³/mol. The van der Waals surface area contributed by atoms with Crippen LogP contribution in [-0.4, -0.2) is 36.4 Å². The fraction of sp³-hybridized carbons (Fsp3) is 0.500. The van der Waals surface area contributed by atoms with Gasteiger partial charge in [-0.1, -0.05) is 0 Å². The third-order valence-corrected chi connectivity index (χ3v) is 3.19. The van der Waals surface area contributed by atoms with Crippen molar-refractivity contribution in [2.24, 2.45) is 5.73 Å². The number of rotatable bonds is 5. The van der Waals surface area contributed by atoms with E-state index in [1.807, 2.05) is 18.7 Å². The van der Waals surface area contributed by atoms with Crippen LogP contribution in [0.25, 0.3) is 0 Å². The molecular formula is C10H17N5O2S. The summed E-state index contributed by atoms with van der Waals surface area (Å²) in [4.78, 5) is 24.7. The highest BCUT2D eigenvalue weighted by molar-refractivity contribution is 7.11. The summed E-state index contributed by atoms with van der Waals surface area (Å²) in [5, 5.41) is 5.32. The lowest BCUT2D eigenvalue weighted by molar-refractivity contribution is 0.100. The second-order valence-corrected chi connectivity index (χ2v) is 4.22. The first-order chi connectivity index (χ1) is 8.54. The highest BCUT2D eigenvalue weighted by Crippen LogP contribution is 2.30. The van der Waals surface area contributed by atoms with E-state index in [0.717, 1.165) is 11.5 Å². The minimum absolute atomic E-state index is 0.257. The zero-order valence-electron chi connectivity index (χ0n) is 10.6. The maximum atomic E-state index is 11.5. The Morgan fingerprint density at radius 3 is 2.44 bits per heavy atom. The van der Waals surface area contributed by atoms with Crippen LogP contribution in [-0.2, 0) is 0 Å². The average molecular weight is 271 g/mol. The Kier molecular flexibility index (Phi) is 4.90. The molecule has 7 nitrogen and oxygen atoms in total. The number of nitrogens with one attached hydrogen (secondary N) is 2. The molecule has 0 aliphatic rings. The van der Waals surface area contributed by atoms with Crippen LogP contribution in [0.4, 0.5) is 15.6 Å². The lowest BCUT2D eigenvalue weighted by Crippen LogP contribution is -2.28. The van der Waals surface area contributed by atoms with Crippen molar-refractivity contribution in [2.45, 2.75) is 13.8 Å². The molecule has 100 valence electrons. The van der Waals surface area contributed by atoms with Crippen LogP contribution in [0.3, 0.4) is 0 Å². The molecule has 0 saturated carbocycles. The van der Waals surface area contributed by atoms with E-state index >= 15 is 0 Å². The van der Waals surface area contributed by atoms with Crippen molar-refractivity contribution in [3.8, 4) is 0 Å². The van der Waals surface area contributed by atoms with Gasteiger partial charge < -0.3 is 16.0 Å². The number of carbonyl (C=O) groups excluding carboxylic acids is 2. The second-order valence-electron chi connectivity index (χ2n) is 3.45. The molecule has 0 fully saturated rings. The third kappa shape index (κ3) is 2.89. The number of carbonyl (C=O) groups is 2. The monoisotopic (exact) mass is 271 g/mol. The molecule has 3 amide bonds. The van der Waals surface area contributed by atoms with Gasteiger partial charge in [0.05, 0.1) is 0 Å². The molecule has 0 spiro atoms. The van der Waals surface area contributed by atoms with E-state index < -0.39 is 11.9 Å². The van der Waals surface area contributed by atoms with Gasteiger partial charge in [0, 0.05) is 20.1 Å². The fourth-order valence-electron chi connectivity index (χ4n) is 1.49. The van der Waals surface area contributed by atoms with Crippen molar-refractivity contribution >= 4 is 34.3 Å². The molecule has 0 atom stereocenters. The van der Waals surface area contributed by atoms with E-state index in [-0.39, 0.29) is 5.56 Å². The Morgan fingerprint density at radius 1 is 1.39 bits per heavy atom. The van der Waals surface area contributed by atoms with Gasteiger partial charge in [-0.05, 0) is 25.4 Å². The van der Waals surface area contributed by atoms with Gasteiger partial charge in [0.2, 0.25) is 0 Å². The topological polar surface area (TPSA) is 100 Å². The first-order valence-electron chi connectivity index (χ1n) is 5.58. The highest BCUT2D eigenvalue weighted by atomic mass is 32.1. The number of nitrogens with two attached hydrogens (primary N) is 1. The highest BCUT2D eigenvalue weighted by Gasteiger charge is 2.22. The predicted octanol–water partition coefficient (Wildman–Crippen LogP) is 0.840. The largest absolute Gasteiger partial charge is 0.365 e. The number of urea groups is 1. The molecule has 0 aliphatic heterocycles. The summed E-state index contributed by atoms with van der Waals surface area (Å²) in [6.45, 7) is 5.33. The Labute approximate surface area is 110 Å². The lowest BCUT2D eigenvalue weighted by atomic mass is 10.2. The summed E-state index contributed by atoms with van der Waals surface area (Å²) in [6.07, 6.45) is 0. The molecule has 1 aromatic rings. The van der Waals surface area contributed by atoms with Crippen molar-refractivity contribution in [2.75, 3.05) is 30.4 Å². The van der Waals surface area contributed by atoms with Gasteiger partial charge in [0.15, 0.2) is 5.82 Å². The number of hydrogen-bond donors (Lipinski definition) is 3. The van der Waals surface area contributed by atoms with Crippen LogP contribution in [0.15, 0.2) is 0 Å². The molecule has 18 heavy (non-hydrogen) atoms. The van der Waals surface area contributed by atoms with Gasteiger partial charge in [-0.15, -0.1) is 0 Å². The van der Waals surface area contributed by atoms with Crippen molar-refractivity contribution < 1.29 is 9.59 Å². The SMILES string of the molecule is CCN(CC)c1nsc(NC(=O)NC)c1C(N)=O. The lowest BCUT2D eigenvalue weighted by Gasteiger charge is -2.18. The van der Waals surface area contributed by atoms with Crippen molar-refractivity contribution in [1.29, 1.82) is 0 Å². The summed E-state index contributed by atoms with van der Waals surface area (Å²) in [6, 6.07) is -0.410. The zero-order valence-corrected chi connectivity index (χ0v) is 11.4. The van der Waals surface area contributed by atoms with Gasteiger partial charge in [-0.3, -0.25) is 10.1 Å². The number of amides is 3. The van der Waals surface area contributed by atoms with Crippen molar-refractivity contribution in [3.63, 3.8) is 0 Å². The van der Waals surface area contributed by atoms with Crippen LogP contribution in [0.5, 0.6) is 0 Å². The van der Waals surface area contributed by atoms with Crippen LogP contribution in [0.1, 0.15) is 24.2 Å². The van der Waals surface area contributed by atoms with E-state index in [0.29, 0.717) is 23.9 Å². The van der Waals surface area contributed by atoms with E-state index in [1.165, 1.54) is 7.05 Å². The average Bonchev–Trinajstić information content (AvgIpc) is 2.74. The minimum atomic E-state index is -0.600. The molecule has 0 saturated heterocycles. The Bertz CT molecular complexity index is 441. The molecule has 0 aliphatic carbocycles. The van der Waals surface area contributed by atoms with Crippen LogP contribution < -0.4 is 21.3 Å². The van der Waals surface area contributed by atoms with Gasteiger partial charge in [0.25, 0.3) is 5.91 Å². The smallest absolute Gasteiger partial charge is 0.319 e. The number of hydrogen-bond acceptors (Lipinski definition) is 5. The van der Waals surface area contributed by atoms with Gasteiger partial charge >= 0.3 is 6.03 Å². The number of aromatic nitrogens is 1. The third-order valence-electron chi connectivity index (χ3n) is 2.44. The molecule has 1 aromatic heterocycles. The maximum Gasteiger partial charge on any atom is 0.319 e. The molecule has 4 N–H and O–H groups in total. The van der Waals surface area contributed by atoms with E-state index in [2.05, 4.69) is 15.0 Å². The van der Waals surface area contributed by atoms with Crippen molar-refractivity contribution in [1.82, 2.24) is 9.69 Å². The molecule has 0 bridgehead atoms. The maximum absolute atomic E-state index is 11.5. The van der Waals surface area contributed by atoms with Crippen molar-refractivity contribution in [3.05, 3.63) is 5.56 Å². The number of primary amides is 1. The summed E-state index contributed by atoms with van der Waals surface area (Å²) in [7, 11) is 1.49. The van der Waals surface area contributed by atoms with E-state index in [9.17, 15) is 9.59 Å². The molecule has 0 aromatic carbocycles. The van der Waals surface area contributed by atoms with E-state index in [1.54, 1.807) is 0 Å². The molecule has 0 radical (unpaired) electrons. The Balaban J connectivity index is 3.14. The Hall–Kier alpha value is -1.83. The van der Waals surface area contributed by atoms with Crippen LogP contribution >= 0.6 is 11.5 Å². The first kappa shape index (κ1) is 14.2. The molecule has 1 rings (SSSR count). The van der Waals surface area contributed by atoms with Crippen LogP contribution in [0, 0.1) is 0 Å². The molecule has 8 heteroatoms. The normalized spacial score (nSPS) is 9.94. The molecular weight excluding hydrogens is 254 g/mol. The Morgan fingerprint density at radius 2 is 2.00 bits per heavy atom. The quantitative estimate of drug-likeness (QED) is 0.738. The van der Waals surface area contributed by atoms with E-state index in [4.69, 9.17) is 5.73 Å². The summed E-state index contributed by atoms with van der Waals surface area (Å²) < 4.78 is 4.19. The number of nitrogens with zero attached hydrogens (tertiary/aromatic N) is 2. The van der Waals surface area contributed by atoms with Gasteiger partial charge in [-0.2, -0.15) is 4.37 Å². The fourth-order valence-corrected chi connectivity index (χ4v) is 2.30. The first-order valence-corrected chi connectivity index (χ1v) is 6.35.